The van der Waals surface area contributed by atoms with Gasteiger partial charge >= 0.3 is 0 Å². The summed E-state index contributed by atoms with van der Waals surface area (Å²) >= 11 is 0. The van der Waals surface area contributed by atoms with E-state index in [1.54, 1.807) is 6.07 Å². The minimum atomic E-state index is 0.514. The Morgan fingerprint density at radius 3 is 2.41 bits per heavy atom. The molecule has 0 aliphatic carbocycles. The monoisotopic (exact) mass is 228 g/mol. The maximum Gasteiger partial charge on any atom is 0.144 e. The number of para-hydroxylation sites is 1. The van der Waals surface area contributed by atoms with E-state index in [2.05, 4.69) is 12.1 Å². The maximum atomic E-state index is 5.81. The number of nitrogen functional groups attached to an aromatic ring is 2. The Hall–Kier alpha value is -2.16. The summed E-state index contributed by atoms with van der Waals surface area (Å²) in [7, 11) is 0. The van der Waals surface area contributed by atoms with E-state index in [1.165, 1.54) is 5.56 Å². The fraction of sp³-hybridized carbons (Fsp3) is 0.143. The second-order valence-electron chi connectivity index (χ2n) is 3.84. The van der Waals surface area contributed by atoms with Crippen molar-refractivity contribution >= 4 is 11.4 Å². The molecule has 0 heterocycles. The van der Waals surface area contributed by atoms with E-state index < -0.39 is 0 Å². The molecule has 0 radical (unpaired) electrons. The van der Waals surface area contributed by atoms with Crippen molar-refractivity contribution in [2.24, 2.45) is 0 Å². The smallest absolute Gasteiger partial charge is 0.144 e. The van der Waals surface area contributed by atoms with Gasteiger partial charge in [-0.05, 0) is 17.7 Å². The Kier molecular flexibility index (Phi) is 3.50. The summed E-state index contributed by atoms with van der Waals surface area (Å²) in [6.45, 7) is 0.595. The summed E-state index contributed by atoms with van der Waals surface area (Å²) in [5.41, 5.74) is 13.8. The molecule has 3 heteroatoms. The van der Waals surface area contributed by atoms with Crippen molar-refractivity contribution < 1.29 is 4.74 Å². The van der Waals surface area contributed by atoms with Crippen LogP contribution in [0.1, 0.15) is 5.56 Å². The molecule has 0 saturated heterocycles. The average Bonchev–Trinajstić information content (AvgIpc) is 2.36. The second-order valence-corrected chi connectivity index (χ2v) is 3.84. The molecule has 3 nitrogen and oxygen atoms in total. The van der Waals surface area contributed by atoms with Gasteiger partial charge in [0.15, 0.2) is 0 Å². The third kappa shape index (κ3) is 2.91. The van der Waals surface area contributed by atoms with Gasteiger partial charge in [0.05, 0.1) is 18.0 Å². The number of rotatable bonds is 4. The molecule has 17 heavy (non-hydrogen) atoms. The van der Waals surface area contributed by atoms with Crippen LogP contribution in [0.5, 0.6) is 5.75 Å². The van der Waals surface area contributed by atoms with Crippen molar-refractivity contribution in [2.45, 2.75) is 6.42 Å². The quantitative estimate of drug-likeness (QED) is 0.790. The molecule has 0 fully saturated rings. The molecule has 0 spiro atoms. The lowest BCUT2D eigenvalue weighted by Crippen LogP contribution is -2.04. The normalized spacial score (nSPS) is 10.1. The molecule has 4 N–H and O–H groups in total. The SMILES string of the molecule is Nc1cccc(OCCc2ccccc2)c1N. The van der Waals surface area contributed by atoms with E-state index in [1.807, 2.05) is 30.3 Å². The molecule has 2 aromatic carbocycles. The van der Waals surface area contributed by atoms with Gasteiger partial charge in [-0.25, -0.2) is 0 Å². The van der Waals surface area contributed by atoms with Gasteiger partial charge < -0.3 is 16.2 Å². The van der Waals surface area contributed by atoms with E-state index >= 15 is 0 Å². The van der Waals surface area contributed by atoms with Crippen molar-refractivity contribution in [1.29, 1.82) is 0 Å². The highest BCUT2D eigenvalue weighted by Crippen LogP contribution is 2.26. The number of anilines is 2. The molecule has 0 amide bonds. The van der Waals surface area contributed by atoms with Gasteiger partial charge in [0.1, 0.15) is 5.75 Å². The minimum absolute atomic E-state index is 0.514. The largest absolute Gasteiger partial charge is 0.491 e. The first-order valence-corrected chi connectivity index (χ1v) is 5.58. The molecule has 0 bridgehead atoms. The summed E-state index contributed by atoms with van der Waals surface area (Å²) in [5, 5.41) is 0. The number of hydrogen-bond acceptors (Lipinski definition) is 3. The highest BCUT2D eigenvalue weighted by molar-refractivity contribution is 5.70. The Morgan fingerprint density at radius 1 is 0.882 bits per heavy atom. The van der Waals surface area contributed by atoms with Gasteiger partial charge in [-0.3, -0.25) is 0 Å². The van der Waals surface area contributed by atoms with Crippen LogP contribution >= 0.6 is 0 Å². The number of ether oxygens (including phenoxy) is 1. The van der Waals surface area contributed by atoms with E-state index in [0.29, 0.717) is 23.7 Å². The van der Waals surface area contributed by atoms with E-state index in [-0.39, 0.29) is 0 Å². The Bertz CT molecular complexity index is 483. The molecule has 0 unspecified atom stereocenters. The van der Waals surface area contributed by atoms with E-state index in [0.717, 1.165) is 6.42 Å². The van der Waals surface area contributed by atoms with Crippen molar-refractivity contribution in [3.05, 3.63) is 54.1 Å². The first-order chi connectivity index (χ1) is 8.27. The first-order valence-electron chi connectivity index (χ1n) is 5.58. The zero-order chi connectivity index (χ0) is 12.1. The van der Waals surface area contributed by atoms with E-state index in [9.17, 15) is 0 Å². The van der Waals surface area contributed by atoms with Crippen LogP contribution in [0.2, 0.25) is 0 Å². The third-order valence-electron chi connectivity index (χ3n) is 2.59. The molecule has 2 aromatic rings. The van der Waals surface area contributed by atoms with Crippen LogP contribution in [-0.4, -0.2) is 6.61 Å². The van der Waals surface area contributed by atoms with Gasteiger partial charge in [-0.1, -0.05) is 36.4 Å². The molecular weight excluding hydrogens is 212 g/mol. The van der Waals surface area contributed by atoms with Crippen LogP contribution in [0.25, 0.3) is 0 Å². The highest BCUT2D eigenvalue weighted by Gasteiger charge is 2.02. The van der Waals surface area contributed by atoms with Crippen LogP contribution in [0, 0.1) is 0 Å². The van der Waals surface area contributed by atoms with Crippen LogP contribution in [-0.2, 0) is 6.42 Å². The van der Waals surface area contributed by atoms with Crippen molar-refractivity contribution in [2.75, 3.05) is 18.1 Å². The minimum Gasteiger partial charge on any atom is -0.491 e. The summed E-state index contributed by atoms with van der Waals surface area (Å²) in [4.78, 5) is 0. The van der Waals surface area contributed by atoms with Crippen molar-refractivity contribution in [1.82, 2.24) is 0 Å². The van der Waals surface area contributed by atoms with Crippen LogP contribution in [0.4, 0.5) is 11.4 Å². The lowest BCUT2D eigenvalue weighted by atomic mass is 10.2. The summed E-state index contributed by atoms with van der Waals surface area (Å²) in [6.07, 6.45) is 0.856. The summed E-state index contributed by atoms with van der Waals surface area (Å²) < 4.78 is 5.62. The first kappa shape index (κ1) is 11.3. The highest BCUT2D eigenvalue weighted by atomic mass is 16.5. The fourth-order valence-corrected chi connectivity index (χ4v) is 1.61. The number of hydrogen-bond donors (Lipinski definition) is 2. The predicted octanol–water partition coefficient (Wildman–Crippen LogP) is 2.47. The molecular formula is C14H16N2O. The zero-order valence-corrected chi connectivity index (χ0v) is 9.60. The van der Waals surface area contributed by atoms with Gasteiger partial charge in [0.2, 0.25) is 0 Å². The van der Waals surface area contributed by atoms with Gasteiger partial charge in [0, 0.05) is 6.42 Å². The summed E-state index contributed by atoms with van der Waals surface area (Å²) in [5.74, 6) is 0.654. The Morgan fingerprint density at radius 2 is 1.65 bits per heavy atom. The number of nitrogens with two attached hydrogens (primary N) is 2. The lowest BCUT2D eigenvalue weighted by molar-refractivity contribution is 0.324. The molecule has 0 saturated carbocycles. The molecule has 88 valence electrons. The molecule has 0 aromatic heterocycles. The van der Waals surface area contributed by atoms with Gasteiger partial charge in [-0.15, -0.1) is 0 Å². The Labute approximate surface area is 101 Å². The van der Waals surface area contributed by atoms with Crippen LogP contribution < -0.4 is 16.2 Å². The lowest BCUT2D eigenvalue weighted by Gasteiger charge is -2.10. The molecule has 0 aliphatic heterocycles. The van der Waals surface area contributed by atoms with Crippen LogP contribution in [0.3, 0.4) is 0 Å². The summed E-state index contributed by atoms with van der Waals surface area (Å²) in [6, 6.07) is 15.6. The van der Waals surface area contributed by atoms with Gasteiger partial charge in [-0.2, -0.15) is 0 Å². The van der Waals surface area contributed by atoms with E-state index in [4.69, 9.17) is 16.2 Å². The predicted molar refractivity (Wildman–Crippen MR) is 70.9 cm³/mol. The number of benzene rings is 2. The van der Waals surface area contributed by atoms with Gasteiger partial charge in [0.25, 0.3) is 0 Å². The second kappa shape index (κ2) is 5.25. The molecule has 0 atom stereocenters. The van der Waals surface area contributed by atoms with Crippen molar-refractivity contribution in [3.63, 3.8) is 0 Å². The fourth-order valence-electron chi connectivity index (χ4n) is 1.61. The average molecular weight is 228 g/mol. The third-order valence-corrected chi connectivity index (χ3v) is 2.59. The standard InChI is InChI=1S/C14H16N2O/c15-12-7-4-8-13(14(12)16)17-10-9-11-5-2-1-3-6-11/h1-8H,9-10,15-16H2. The van der Waals surface area contributed by atoms with Crippen molar-refractivity contribution in [3.8, 4) is 5.75 Å². The maximum absolute atomic E-state index is 5.81. The van der Waals surface area contributed by atoms with Crippen LogP contribution in [0.15, 0.2) is 48.5 Å². The molecule has 0 aliphatic rings. The molecule has 2 rings (SSSR count). The topological polar surface area (TPSA) is 61.3 Å². The zero-order valence-electron chi connectivity index (χ0n) is 9.60. The Balaban J connectivity index is 1.93.